The zero-order valence-electron chi connectivity index (χ0n) is 14.9. The molecule has 0 aromatic rings. The van der Waals surface area contributed by atoms with Crippen molar-refractivity contribution in [3.05, 3.63) is 23.3 Å². The summed E-state index contributed by atoms with van der Waals surface area (Å²) in [6, 6.07) is 0. The number of hydrogen-bond acceptors (Lipinski definition) is 6. The Bertz CT molecular complexity index is 913. The number of hydrogen-bond donors (Lipinski definition) is 0. The van der Waals surface area contributed by atoms with E-state index in [9.17, 15) is 19.2 Å². The highest BCUT2D eigenvalue weighted by atomic mass is 16.5. The smallest absolute Gasteiger partial charge is 0.334 e. The molecule has 10 atom stereocenters. The number of ketones is 2. The number of carbonyl (C=O) groups excluding carboxylic acids is 4. The van der Waals surface area contributed by atoms with E-state index in [1.807, 2.05) is 12.2 Å². The first kappa shape index (κ1) is 14.8. The number of ether oxygens (including phenoxy) is 2. The van der Waals surface area contributed by atoms with Crippen LogP contribution in [0.25, 0.3) is 0 Å². The summed E-state index contributed by atoms with van der Waals surface area (Å²) in [4.78, 5) is 52.9. The Balaban J connectivity index is 1.60. The topological polar surface area (TPSA) is 86.7 Å². The lowest BCUT2D eigenvalue weighted by atomic mass is 9.40. The Morgan fingerprint density at radius 1 is 0.852 bits per heavy atom. The number of esters is 2. The molecule has 0 heterocycles. The second-order valence-corrected chi connectivity index (χ2v) is 9.27. The highest BCUT2D eigenvalue weighted by molar-refractivity contribution is 6.16. The molecule has 0 N–H and O–H groups in total. The van der Waals surface area contributed by atoms with Crippen LogP contribution in [0.4, 0.5) is 0 Å². The third-order valence-corrected chi connectivity index (χ3v) is 9.57. The lowest BCUT2D eigenvalue weighted by molar-refractivity contribution is -0.166. The summed E-state index contributed by atoms with van der Waals surface area (Å²) in [5.41, 5.74) is -1.18. The first-order valence-corrected chi connectivity index (χ1v) is 9.67. The molecule has 8 aliphatic rings. The maximum Gasteiger partial charge on any atom is 0.334 e. The van der Waals surface area contributed by atoms with Gasteiger partial charge in [0.25, 0.3) is 0 Å². The van der Waals surface area contributed by atoms with E-state index in [2.05, 4.69) is 0 Å². The highest BCUT2D eigenvalue weighted by Gasteiger charge is 2.98. The maximum atomic E-state index is 13.7. The molecular weight excluding hydrogens is 348 g/mol. The normalized spacial score (nSPS) is 56.1. The van der Waals surface area contributed by atoms with Gasteiger partial charge in [0, 0.05) is 23.7 Å². The van der Waals surface area contributed by atoms with E-state index in [1.165, 1.54) is 14.2 Å². The second-order valence-electron chi connectivity index (χ2n) is 9.27. The molecule has 5 fully saturated rings. The van der Waals surface area contributed by atoms with Crippen LogP contribution in [0.5, 0.6) is 0 Å². The van der Waals surface area contributed by atoms with Crippen molar-refractivity contribution in [3.8, 4) is 0 Å². The van der Waals surface area contributed by atoms with Gasteiger partial charge in [-0.05, 0) is 30.1 Å². The Kier molecular flexibility index (Phi) is 2.09. The number of allylic oxidation sites excluding steroid dienone is 2. The van der Waals surface area contributed by atoms with Crippen molar-refractivity contribution in [2.75, 3.05) is 14.2 Å². The number of carbonyl (C=O) groups is 4. The van der Waals surface area contributed by atoms with Crippen molar-refractivity contribution in [2.24, 2.45) is 58.2 Å². The van der Waals surface area contributed by atoms with Gasteiger partial charge in [0.15, 0.2) is 0 Å². The lowest BCUT2D eigenvalue weighted by Crippen LogP contribution is -2.66. The number of methoxy groups -OCH3 is 2. The fraction of sp³-hybridized carbons (Fsp3) is 0.619. The molecule has 0 saturated heterocycles. The highest BCUT2D eigenvalue weighted by Crippen LogP contribution is 2.93. The van der Waals surface area contributed by atoms with Gasteiger partial charge in [-0.3, -0.25) is 9.59 Å². The molecule has 0 unspecified atom stereocenters. The van der Waals surface area contributed by atoms with Gasteiger partial charge in [-0.15, -0.1) is 0 Å². The molecule has 0 aromatic carbocycles. The minimum Gasteiger partial charge on any atom is -0.466 e. The monoisotopic (exact) mass is 366 g/mol. The van der Waals surface area contributed by atoms with Crippen molar-refractivity contribution in [1.29, 1.82) is 0 Å². The molecule has 138 valence electrons. The minimum absolute atomic E-state index is 0.152. The van der Waals surface area contributed by atoms with E-state index >= 15 is 0 Å². The minimum atomic E-state index is -0.839. The summed E-state index contributed by atoms with van der Waals surface area (Å²) in [7, 11) is 2.57. The summed E-state index contributed by atoms with van der Waals surface area (Å²) in [6.45, 7) is 0. The molecule has 6 nitrogen and oxygen atoms in total. The molecule has 5 saturated carbocycles. The molecule has 8 aliphatic carbocycles. The lowest BCUT2D eigenvalue weighted by Gasteiger charge is -2.59. The van der Waals surface area contributed by atoms with Gasteiger partial charge < -0.3 is 9.47 Å². The average Bonchev–Trinajstić information content (AvgIpc) is 3.19. The summed E-state index contributed by atoms with van der Waals surface area (Å²) in [5, 5.41) is 0. The Labute approximate surface area is 154 Å². The zero-order chi connectivity index (χ0) is 18.6. The zero-order valence-corrected chi connectivity index (χ0v) is 14.9. The molecule has 8 rings (SSSR count). The van der Waals surface area contributed by atoms with E-state index in [1.54, 1.807) is 0 Å². The molecule has 0 aliphatic heterocycles. The standard InChI is InChI=1S/C21H18O6/c1-26-18(24)12-6-3-4-7(13(12)19(25)27-2)21-9-5-8-10-11(9)15(17(21)23)14(10)16(22)20(6,8)21/h3-4,6-11,14-15H,5H2,1-2H3/t6-,7+,8+,9-,10+,11-,14+,15-,20+,21-. The van der Waals surface area contributed by atoms with E-state index in [-0.39, 0.29) is 46.4 Å². The number of Topliss-reactive ketones (excluding diaryl/α,β-unsaturated/α-hetero) is 2. The molecule has 0 amide bonds. The summed E-state index contributed by atoms with van der Waals surface area (Å²) in [6.07, 6.45) is 4.67. The van der Waals surface area contributed by atoms with Crippen LogP contribution in [0.15, 0.2) is 23.3 Å². The molecule has 0 radical (unpaired) electrons. The van der Waals surface area contributed by atoms with Crippen LogP contribution in [-0.2, 0) is 28.7 Å². The predicted molar refractivity (Wildman–Crippen MR) is 87.6 cm³/mol. The van der Waals surface area contributed by atoms with Gasteiger partial charge in [0.1, 0.15) is 11.6 Å². The Morgan fingerprint density at radius 3 is 1.63 bits per heavy atom. The Hall–Kier alpha value is -2.24. The van der Waals surface area contributed by atoms with Crippen molar-refractivity contribution in [3.63, 3.8) is 0 Å². The van der Waals surface area contributed by atoms with Crippen molar-refractivity contribution in [2.45, 2.75) is 6.42 Å². The summed E-state index contributed by atoms with van der Waals surface area (Å²) >= 11 is 0. The summed E-state index contributed by atoms with van der Waals surface area (Å²) < 4.78 is 10.0. The summed E-state index contributed by atoms with van der Waals surface area (Å²) in [5.74, 6) is -1.30. The van der Waals surface area contributed by atoms with Crippen LogP contribution in [0.3, 0.4) is 0 Å². The van der Waals surface area contributed by atoms with Gasteiger partial charge in [-0.25, -0.2) is 9.59 Å². The van der Waals surface area contributed by atoms with Gasteiger partial charge >= 0.3 is 11.9 Å². The van der Waals surface area contributed by atoms with Crippen LogP contribution >= 0.6 is 0 Å². The van der Waals surface area contributed by atoms with Gasteiger partial charge in [-0.1, -0.05) is 12.2 Å². The van der Waals surface area contributed by atoms with Gasteiger partial charge in [0.05, 0.1) is 36.2 Å². The quantitative estimate of drug-likeness (QED) is 0.528. The molecule has 6 heteroatoms. The fourth-order valence-corrected chi connectivity index (χ4v) is 9.51. The van der Waals surface area contributed by atoms with Crippen molar-refractivity contribution in [1.82, 2.24) is 0 Å². The van der Waals surface area contributed by atoms with Gasteiger partial charge in [0.2, 0.25) is 0 Å². The molecule has 2 spiro atoms. The third-order valence-electron chi connectivity index (χ3n) is 9.57. The van der Waals surface area contributed by atoms with Crippen LogP contribution in [0.2, 0.25) is 0 Å². The van der Waals surface area contributed by atoms with E-state index in [0.717, 1.165) is 6.42 Å². The van der Waals surface area contributed by atoms with Crippen LogP contribution in [-0.4, -0.2) is 37.7 Å². The average molecular weight is 366 g/mol. The van der Waals surface area contributed by atoms with Crippen LogP contribution < -0.4 is 0 Å². The van der Waals surface area contributed by atoms with E-state index < -0.39 is 34.6 Å². The second kappa shape index (κ2) is 3.82. The first-order chi connectivity index (χ1) is 13.0. The molecule has 0 aromatic heterocycles. The third kappa shape index (κ3) is 0.969. The van der Waals surface area contributed by atoms with E-state index in [4.69, 9.17) is 9.47 Å². The Morgan fingerprint density at radius 2 is 1.26 bits per heavy atom. The van der Waals surface area contributed by atoms with Crippen LogP contribution in [0, 0.1) is 58.2 Å². The fourth-order valence-electron chi connectivity index (χ4n) is 9.51. The van der Waals surface area contributed by atoms with Gasteiger partial charge in [-0.2, -0.15) is 0 Å². The molecule has 4 bridgehead atoms. The predicted octanol–water partition coefficient (Wildman–Crippen LogP) is 0.711. The number of rotatable bonds is 2. The largest absolute Gasteiger partial charge is 0.466 e. The maximum absolute atomic E-state index is 13.7. The number of fused-ring (bicyclic) bond motifs is 1. The molecule has 27 heavy (non-hydrogen) atoms. The molecular formula is C21H18O6. The first-order valence-electron chi connectivity index (χ1n) is 9.67. The van der Waals surface area contributed by atoms with Crippen LogP contribution in [0.1, 0.15) is 6.42 Å². The van der Waals surface area contributed by atoms with E-state index in [0.29, 0.717) is 11.8 Å². The SMILES string of the molecule is COC(=O)C1=C(C(=O)OC)[C@@H]2C=C[C@H]1[C@]13C(=O)[C@@H]4[C@@H]5C(=O)[C@]21[C@@H]1C[C@H]3[C@H]4[C@H]51. The van der Waals surface area contributed by atoms with Crippen molar-refractivity contribution < 1.29 is 28.7 Å². The van der Waals surface area contributed by atoms with Crippen molar-refractivity contribution >= 4 is 23.5 Å².